The fraction of sp³-hybridized carbons (Fsp3) is 0.450. The molecule has 9 nitrogen and oxygen atoms in total. The number of hydrazone groups is 1. The number of amides is 2. The number of likely N-dealkylation sites (tertiary alicyclic amines) is 1. The molecule has 2 amide bonds. The molecule has 0 spiro atoms. The van der Waals surface area contributed by atoms with Gasteiger partial charge in [0, 0.05) is 6.54 Å². The Balaban J connectivity index is 2.05. The molecular weight excluding hydrogens is 391 g/mol. The number of benzene rings is 1. The molecule has 1 aliphatic rings. The quantitative estimate of drug-likeness (QED) is 0.338. The Bertz CT molecular complexity index is 903. The zero-order valence-corrected chi connectivity index (χ0v) is 17.2. The molecule has 0 bridgehead atoms. The Kier molecular flexibility index (Phi) is 7.10. The van der Waals surface area contributed by atoms with E-state index in [-0.39, 0.29) is 12.3 Å². The smallest absolute Gasteiger partial charge is 0.410 e. The molecule has 1 fully saturated rings. The van der Waals surface area contributed by atoms with E-state index in [1.54, 1.807) is 39.0 Å². The van der Waals surface area contributed by atoms with E-state index in [1.807, 2.05) is 6.07 Å². The molecule has 160 valence electrons. The van der Waals surface area contributed by atoms with E-state index < -0.39 is 29.8 Å². The number of hydrogen-bond donors (Lipinski definition) is 2. The zero-order chi connectivity index (χ0) is 22.4. The van der Waals surface area contributed by atoms with E-state index in [9.17, 15) is 9.59 Å². The lowest BCUT2D eigenvalue weighted by molar-refractivity contribution is -0.134. The van der Waals surface area contributed by atoms with Crippen molar-refractivity contribution in [3.8, 4) is 6.07 Å². The molecule has 30 heavy (non-hydrogen) atoms. The summed E-state index contributed by atoms with van der Waals surface area (Å²) in [5.41, 5.74) is -2.20. The second kappa shape index (κ2) is 9.35. The fourth-order valence-electron chi connectivity index (χ4n) is 2.80. The van der Waals surface area contributed by atoms with Crippen molar-refractivity contribution in [2.75, 3.05) is 13.1 Å². The van der Waals surface area contributed by atoms with E-state index in [2.05, 4.69) is 15.4 Å². The minimum absolute atomic E-state index is 0.0582. The maximum Gasteiger partial charge on any atom is 0.410 e. The Morgan fingerprint density at radius 1 is 1.43 bits per heavy atom. The second-order valence-electron chi connectivity index (χ2n) is 7.86. The summed E-state index contributed by atoms with van der Waals surface area (Å²) in [6.45, 7) is 4.98. The van der Waals surface area contributed by atoms with Crippen LogP contribution in [0.5, 0.6) is 0 Å². The number of amidine groups is 1. The highest BCUT2D eigenvalue weighted by molar-refractivity contribution is 6.33. The summed E-state index contributed by atoms with van der Waals surface area (Å²) >= 11 is 0. The number of alkyl halides is 1. The van der Waals surface area contributed by atoms with Crippen LogP contribution in [-0.2, 0) is 9.53 Å². The monoisotopic (exact) mass is 416 g/mol. The molecule has 1 heterocycles. The van der Waals surface area contributed by atoms with Crippen molar-refractivity contribution in [2.45, 2.75) is 44.9 Å². The molecule has 0 radical (unpaired) electrons. The van der Waals surface area contributed by atoms with Crippen molar-refractivity contribution >= 4 is 29.7 Å². The fourth-order valence-corrected chi connectivity index (χ4v) is 2.80. The molecule has 1 aromatic carbocycles. The lowest BCUT2D eigenvalue weighted by Crippen LogP contribution is -2.57. The van der Waals surface area contributed by atoms with Gasteiger partial charge in [-0.2, -0.15) is 10.4 Å². The largest absolute Gasteiger partial charge is 0.444 e. The molecule has 1 atom stereocenters. The molecule has 10 heteroatoms. The third-order valence-corrected chi connectivity index (χ3v) is 4.19. The first kappa shape index (κ1) is 22.8. The summed E-state index contributed by atoms with van der Waals surface area (Å²) in [5, 5.41) is 14.6. The summed E-state index contributed by atoms with van der Waals surface area (Å²) in [4.78, 5) is 30.0. The molecule has 0 aliphatic carbocycles. The van der Waals surface area contributed by atoms with E-state index in [0.717, 1.165) is 6.21 Å². The summed E-state index contributed by atoms with van der Waals surface area (Å²) < 4.78 is 20.6. The first-order valence-corrected chi connectivity index (χ1v) is 9.37. The number of nitrogens with two attached hydrogens (primary N) is 1. The summed E-state index contributed by atoms with van der Waals surface area (Å²) in [6, 6.07) is 8.42. The summed E-state index contributed by atoms with van der Waals surface area (Å²) in [6.07, 6.45) is 0.723. The van der Waals surface area contributed by atoms with E-state index in [0.29, 0.717) is 24.2 Å². The third-order valence-electron chi connectivity index (χ3n) is 4.19. The predicted octanol–water partition coefficient (Wildman–Crippen LogP) is 2.39. The van der Waals surface area contributed by atoms with Gasteiger partial charge >= 0.3 is 6.09 Å². The molecule has 2 rings (SSSR count). The van der Waals surface area contributed by atoms with Gasteiger partial charge in [0.1, 0.15) is 5.60 Å². The van der Waals surface area contributed by atoms with Gasteiger partial charge in [0.15, 0.2) is 5.84 Å². The van der Waals surface area contributed by atoms with Crippen molar-refractivity contribution in [3.63, 3.8) is 0 Å². The molecule has 1 unspecified atom stereocenters. The molecule has 1 aromatic rings. The van der Waals surface area contributed by atoms with Crippen molar-refractivity contribution in [2.24, 2.45) is 15.9 Å². The Morgan fingerprint density at radius 2 is 2.17 bits per heavy atom. The number of aliphatic imine (C=N–C) groups is 1. The number of carbonyl (C=O) groups is 2. The van der Waals surface area contributed by atoms with Gasteiger partial charge in [-0.15, -0.1) is 0 Å². The number of ether oxygens (including phenoxy) is 1. The minimum atomic E-state index is -2.32. The summed E-state index contributed by atoms with van der Waals surface area (Å²) in [5.74, 6) is 4.15. The highest BCUT2D eigenvalue weighted by atomic mass is 19.1. The molecule has 1 saturated heterocycles. The highest BCUT2D eigenvalue weighted by Gasteiger charge is 2.45. The van der Waals surface area contributed by atoms with Crippen LogP contribution in [0.4, 0.5) is 14.9 Å². The van der Waals surface area contributed by atoms with Crippen LogP contribution < -0.4 is 11.2 Å². The van der Waals surface area contributed by atoms with E-state index in [4.69, 9.17) is 15.8 Å². The number of rotatable bonds is 3. The highest BCUT2D eigenvalue weighted by Crippen LogP contribution is 2.27. The number of piperidine rings is 1. The van der Waals surface area contributed by atoms with Crippen LogP contribution in [-0.4, -0.2) is 53.3 Å². The Morgan fingerprint density at radius 3 is 2.80 bits per heavy atom. The van der Waals surface area contributed by atoms with Gasteiger partial charge in [-0.25, -0.2) is 9.18 Å². The number of nitrogens with zero attached hydrogens (tertiary/aromatic N) is 4. The van der Waals surface area contributed by atoms with Gasteiger partial charge in [0.25, 0.3) is 5.91 Å². The normalized spacial score (nSPS) is 20.0. The van der Waals surface area contributed by atoms with Crippen LogP contribution in [0.25, 0.3) is 0 Å². The van der Waals surface area contributed by atoms with Gasteiger partial charge in [0.05, 0.1) is 30.1 Å². The number of nitrogens with one attached hydrogen (secondary N) is 1. The number of carbonyl (C=O) groups excluding carboxylic acids is 2. The topological polar surface area (TPSA) is 133 Å². The zero-order valence-electron chi connectivity index (χ0n) is 17.2. The van der Waals surface area contributed by atoms with Crippen LogP contribution in [0.2, 0.25) is 0 Å². The van der Waals surface area contributed by atoms with Crippen LogP contribution in [0, 0.1) is 11.3 Å². The summed E-state index contributed by atoms with van der Waals surface area (Å²) in [7, 11) is 0. The van der Waals surface area contributed by atoms with Crippen LogP contribution in [0.1, 0.15) is 39.2 Å². The van der Waals surface area contributed by atoms with Crippen molar-refractivity contribution in [1.29, 1.82) is 5.26 Å². The van der Waals surface area contributed by atoms with Gasteiger partial charge in [-0.3, -0.25) is 9.79 Å². The predicted molar refractivity (Wildman–Crippen MR) is 110 cm³/mol. The van der Waals surface area contributed by atoms with Gasteiger partial charge in [-0.05, 0) is 51.8 Å². The number of hydrogen-bond acceptors (Lipinski definition) is 7. The maximum atomic E-state index is 15.3. The average molecular weight is 416 g/mol. The molecule has 3 N–H and O–H groups in total. The molecule has 0 saturated carbocycles. The van der Waals surface area contributed by atoms with Crippen LogP contribution in [0.15, 0.2) is 34.4 Å². The van der Waals surface area contributed by atoms with Crippen LogP contribution in [0.3, 0.4) is 0 Å². The van der Waals surface area contributed by atoms with Crippen molar-refractivity contribution < 1.29 is 18.7 Å². The first-order chi connectivity index (χ1) is 14.1. The maximum absolute atomic E-state index is 15.3. The number of halogens is 1. The first-order valence-electron chi connectivity index (χ1n) is 9.37. The van der Waals surface area contributed by atoms with Gasteiger partial charge in [-0.1, -0.05) is 6.07 Å². The van der Waals surface area contributed by atoms with Crippen LogP contribution >= 0.6 is 0 Å². The Hall–Kier alpha value is -3.48. The van der Waals surface area contributed by atoms with Gasteiger partial charge in [0.2, 0.25) is 5.67 Å². The molecule has 1 aliphatic heterocycles. The number of nitriles is 1. The second-order valence-corrected chi connectivity index (χ2v) is 7.86. The lowest BCUT2D eigenvalue weighted by Gasteiger charge is -2.36. The standard InChI is InChI=1S/C20H25FN6O3/c1-19(2,3)30-18(29)27-9-5-8-20(21,13-27)17(28)25-16(26-23)12-24-15-7-4-6-14(10-15)11-22/h4,6-7,10,12H,5,8-9,13,23H2,1-3H3,(H,25,26,28). The third kappa shape index (κ3) is 6.27. The average Bonchev–Trinajstić information content (AvgIpc) is 2.69. The van der Waals surface area contributed by atoms with E-state index in [1.165, 1.54) is 11.0 Å². The molecule has 0 aromatic heterocycles. The van der Waals surface area contributed by atoms with Gasteiger partial charge < -0.3 is 20.8 Å². The van der Waals surface area contributed by atoms with E-state index >= 15 is 4.39 Å². The SMILES string of the molecule is CC(C)(C)OC(=O)N1CCCC(F)(C(=O)NC(C=Nc2cccc(C#N)c2)=NN)C1. The Labute approximate surface area is 174 Å². The minimum Gasteiger partial charge on any atom is -0.444 e. The van der Waals surface area contributed by atoms with Crippen molar-refractivity contribution in [1.82, 2.24) is 10.2 Å². The van der Waals surface area contributed by atoms with Crippen molar-refractivity contribution in [3.05, 3.63) is 29.8 Å². The molecular formula is C20H25FN6O3. The lowest BCUT2D eigenvalue weighted by atomic mass is 9.94.